The fraction of sp³-hybridized carbons (Fsp3) is 0.364. The van der Waals surface area contributed by atoms with E-state index in [0.717, 1.165) is 0 Å². The van der Waals surface area contributed by atoms with E-state index in [9.17, 15) is 13.6 Å². The number of hydrogen-bond donors (Lipinski definition) is 1. The summed E-state index contributed by atoms with van der Waals surface area (Å²) < 4.78 is 31.0. The van der Waals surface area contributed by atoms with Gasteiger partial charge in [0.1, 0.15) is 11.6 Å². The van der Waals surface area contributed by atoms with Crippen LogP contribution in [-0.2, 0) is 9.53 Å². The summed E-state index contributed by atoms with van der Waals surface area (Å²) in [5, 5.41) is 2.68. The van der Waals surface area contributed by atoms with E-state index in [1.54, 1.807) is 6.92 Å². The van der Waals surface area contributed by atoms with Crippen LogP contribution in [0.4, 0.5) is 8.78 Å². The lowest BCUT2D eigenvalue weighted by atomic mass is 10.1. The Labute approximate surface area is 92.4 Å². The molecule has 0 fully saturated rings. The molecule has 0 spiro atoms. The molecule has 0 aliphatic heterocycles. The van der Waals surface area contributed by atoms with Gasteiger partial charge in [0.25, 0.3) is 0 Å². The molecule has 88 valence electrons. The predicted molar refractivity (Wildman–Crippen MR) is 54.8 cm³/mol. The highest BCUT2D eigenvalue weighted by atomic mass is 19.1. The third-order valence-electron chi connectivity index (χ3n) is 2.21. The van der Waals surface area contributed by atoms with Gasteiger partial charge in [0, 0.05) is 11.6 Å². The molecule has 0 amide bonds. The van der Waals surface area contributed by atoms with Gasteiger partial charge in [0.05, 0.1) is 13.7 Å². The van der Waals surface area contributed by atoms with Crippen LogP contribution in [-0.4, -0.2) is 19.6 Å². The summed E-state index contributed by atoms with van der Waals surface area (Å²) >= 11 is 0. The first-order chi connectivity index (χ1) is 7.56. The lowest BCUT2D eigenvalue weighted by molar-refractivity contribution is -0.139. The average Bonchev–Trinajstić information content (AvgIpc) is 2.25. The van der Waals surface area contributed by atoms with Gasteiger partial charge < -0.3 is 10.1 Å². The van der Waals surface area contributed by atoms with Gasteiger partial charge in [-0.3, -0.25) is 4.79 Å². The van der Waals surface area contributed by atoms with Crippen LogP contribution in [0.3, 0.4) is 0 Å². The van der Waals surface area contributed by atoms with Crippen molar-refractivity contribution in [2.24, 2.45) is 0 Å². The predicted octanol–water partition coefficient (Wildman–Crippen LogP) is 1.79. The Balaban J connectivity index is 2.73. The maximum atomic E-state index is 13.3. The fourth-order valence-electron chi connectivity index (χ4n) is 1.34. The number of ether oxygens (including phenoxy) is 1. The minimum Gasteiger partial charge on any atom is -0.468 e. The minimum atomic E-state index is -0.634. The SMILES string of the molecule is COC(=O)CNC(C)c1c(F)cccc1F. The molecule has 0 bridgehead atoms. The summed E-state index contributed by atoms with van der Waals surface area (Å²) in [5.41, 5.74) is -0.0774. The normalized spacial score (nSPS) is 12.2. The van der Waals surface area contributed by atoms with E-state index >= 15 is 0 Å². The van der Waals surface area contributed by atoms with Crippen LogP contribution in [0, 0.1) is 11.6 Å². The van der Waals surface area contributed by atoms with Crippen LogP contribution < -0.4 is 5.32 Å². The Bertz CT molecular complexity index is 362. The molecule has 3 nitrogen and oxygen atoms in total. The fourth-order valence-corrected chi connectivity index (χ4v) is 1.34. The molecule has 1 aromatic carbocycles. The molecule has 0 radical (unpaired) electrons. The molecular formula is C11H13F2NO2. The van der Waals surface area contributed by atoms with Gasteiger partial charge in [-0.1, -0.05) is 6.07 Å². The maximum Gasteiger partial charge on any atom is 0.319 e. The van der Waals surface area contributed by atoms with Crippen molar-refractivity contribution in [3.8, 4) is 0 Å². The van der Waals surface area contributed by atoms with Crippen LogP contribution >= 0.6 is 0 Å². The number of hydrogen-bond acceptors (Lipinski definition) is 3. The largest absolute Gasteiger partial charge is 0.468 e. The van der Waals surface area contributed by atoms with Crippen molar-refractivity contribution in [2.45, 2.75) is 13.0 Å². The van der Waals surface area contributed by atoms with Crippen molar-refractivity contribution >= 4 is 5.97 Å². The van der Waals surface area contributed by atoms with Crippen molar-refractivity contribution < 1.29 is 18.3 Å². The van der Waals surface area contributed by atoms with Gasteiger partial charge in [-0.15, -0.1) is 0 Å². The molecule has 1 unspecified atom stereocenters. The maximum absolute atomic E-state index is 13.3. The molecule has 0 heterocycles. The third-order valence-corrected chi connectivity index (χ3v) is 2.21. The van der Waals surface area contributed by atoms with Crippen molar-refractivity contribution in [1.29, 1.82) is 0 Å². The molecule has 5 heteroatoms. The minimum absolute atomic E-state index is 0.0774. The van der Waals surface area contributed by atoms with Gasteiger partial charge in [-0.05, 0) is 19.1 Å². The lowest BCUT2D eigenvalue weighted by Gasteiger charge is -2.14. The number of nitrogens with one attached hydrogen (secondary N) is 1. The first-order valence-electron chi connectivity index (χ1n) is 4.80. The summed E-state index contributed by atoms with van der Waals surface area (Å²) in [5.74, 6) is -1.75. The zero-order chi connectivity index (χ0) is 12.1. The molecule has 1 rings (SSSR count). The Morgan fingerprint density at radius 3 is 2.50 bits per heavy atom. The Morgan fingerprint density at radius 1 is 1.44 bits per heavy atom. The molecular weight excluding hydrogens is 216 g/mol. The Morgan fingerprint density at radius 2 is 2.00 bits per heavy atom. The van der Waals surface area contributed by atoms with E-state index in [0.29, 0.717) is 0 Å². The summed E-state index contributed by atoms with van der Waals surface area (Å²) in [6, 6.07) is 3.05. The monoisotopic (exact) mass is 229 g/mol. The molecule has 0 saturated carbocycles. The zero-order valence-electron chi connectivity index (χ0n) is 9.09. The van der Waals surface area contributed by atoms with Gasteiger partial charge in [-0.2, -0.15) is 0 Å². The van der Waals surface area contributed by atoms with Gasteiger partial charge >= 0.3 is 5.97 Å². The van der Waals surface area contributed by atoms with Crippen LogP contribution in [0.2, 0.25) is 0 Å². The molecule has 1 aromatic rings. The third kappa shape index (κ3) is 3.00. The standard InChI is InChI=1S/C11H13F2NO2/c1-7(14-6-10(15)16-2)11-8(12)4-3-5-9(11)13/h3-5,7,14H,6H2,1-2H3. The molecule has 1 atom stereocenters. The summed E-state index contributed by atoms with van der Waals surface area (Å²) in [4.78, 5) is 10.8. The number of rotatable bonds is 4. The van der Waals surface area contributed by atoms with E-state index in [1.165, 1.54) is 25.3 Å². The summed E-state index contributed by atoms with van der Waals surface area (Å²) in [6.07, 6.45) is 0. The smallest absolute Gasteiger partial charge is 0.319 e. The highest BCUT2D eigenvalue weighted by Crippen LogP contribution is 2.19. The quantitative estimate of drug-likeness (QED) is 0.800. The highest BCUT2D eigenvalue weighted by molar-refractivity contribution is 5.71. The zero-order valence-corrected chi connectivity index (χ0v) is 9.09. The molecule has 0 saturated heterocycles. The van der Waals surface area contributed by atoms with E-state index in [2.05, 4.69) is 10.1 Å². The number of methoxy groups -OCH3 is 1. The summed E-state index contributed by atoms with van der Waals surface area (Å²) in [6.45, 7) is 1.48. The van der Waals surface area contributed by atoms with Crippen molar-refractivity contribution in [3.05, 3.63) is 35.4 Å². The first kappa shape index (κ1) is 12.6. The van der Waals surface area contributed by atoms with E-state index in [-0.39, 0.29) is 12.1 Å². The van der Waals surface area contributed by atoms with E-state index in [4.69, 9.17) is 0 Å². The van der Waals surface area contributed by atoms with Crippen molar-refractivity contribution in [2.75, 3.05) is 13.7 Å². The van der Waals surface area contributed by atoms with Crippen LogP contribution in [0.5, 0.6) is 0 Å². The van der Waals surface area contributed by atoms with Gasteiger partial charge in [0.2, 0.25) is 0 Å². The van der Waals surface area contributed by atoms with Gasteiger partial charge in [0.15, 0.2) is 0 Å². The number of carbonyl (C=O) groups excluding carboxylic acids is 1. The molecule has 0 aliphatic carbocycles. The number of carbonyl (C=O) groups is 1. The Kier molecular flexibility index (Phi) is 4.37. The summed E-state index contributed by atoms with van der Waals surface area (Å²) in [7, 11) is 1.25. The van der Waals surface area contributed by atoms with Crippen LogP contribution in [0.25, 0.3) is 0 Å². The van der Waals surface area contributed by atoms with Crippen LogP contribution in [0.1, 0.15) is 18.5 Å². The van der Waals surface area contributed by atoms with Gasteiger partial charge in [-0.25, -0.2) is 8.78 Å². The Hall–Kier alpha value is -1.49. The van der Waals surface area contributed by atoms with E-state index < -0.39 is 23.6 Å². The van der Waals surface area contributed by atoms with Crippen molar-refractivity contribution in [1.82, 2.24) is 5.32 Å². The average molecular weight is 229 g/mol. The first-order valence-corrected chi connectivity index (χ1v) is 4.80. The van der Waals surface area contributed by atoms with Crippen LogP contribution in [0.15, 0.2) is 18.2 Å². The molecule has 0 aliphatic rings. The second-order valence-electron chi connectivity index (χ2n) is 3.31. The second-order valence-corrected chi connectivity index (χ2v) is 3.31. The van der Waals surface area contributed by atoms with E-state index in [1.807, 2.05) is 0 Å². The topological polar surface area (TPSA) is 38.3 Å². The molecule has 16 heavy (non-hydrogen) atoms. The molecule has 1 N–H and O–H groups in total. The molecule has 0 aromatic heterocycles. The second kappa shape index (κ2) is 5.55. The highest BCUT2D eigenvalue weighted by Gasteiger charge is 2.16. The number of esters is 1. The lowest BCUT2D eigenvalue weighted by Crippen LogP contribution is -2.27. The number of halogens is 2. The number of benzene rings is 1. The van der Waals surface area contributed by atoms with Crippen molar-refractivity contribution in [3.63, 3.8) is 0 Å².